The molecule has 1 heterocycles. The van der Waals surface area contributed by atoms with E-state index in [9.17, 15) is 9.59 Å². The number of benzene rings is 2. The summed E-state index contributed by atoms with van der Waals surface area (Å²) in [6.07, 6.45) is 6.67. The molecule has 0 aliphatic carbocycles. The number of rotatable bonds is 11. The maximum Gasteiger partial charge on any atom is 0.334 e. The number of nitrogens with zero attached hydrogens (tertiary/aromatic N) is 2. The van der Waals surface area contributed by atoms with Crippen LogP contribution in [0.4, 0.5) is 0 Å². The Bertz CT molecular complexity index is 1050. The molecule has 0 fully saturated rings. The number of para-hydroxylation sites is 1. The van der Waals surface area contributed by atoms with E-state index in [1.807, 2.05) is 48.7 Å². The van der Waals surface area contributed by atoms with Crippen molar-refractivity contribution < 1.29 is 14.4 Å². The molecule has 3 aromatic rings. The Morgan fingerprint density at radius 1 is 0.935 bits per heavy atom. The number of hydrogen-bond acceptors (Lipinski definition) is 4. The predicted octanol–water partition coefficient (Wildman–Crippen LogP) is 6.15. The molecule has 0 radical (unpaired) electrons. The standard InChI is InChI=1S/C26H30N2O3/c1-3-5-6-10-16-23(27-31-25(29)4-2)26(30)22-19-28(18-20-13-8-7-9-14-20)24-17-12-11-15-21(22)24/h7-9,11-15,17,19H,3-6,10,16,18H2,1-2H3/b27-23+. The van der Waals surface area contributed by atoms with Crippen LogP contribution in [0, 0.1) is 0 Å². The van der Waals surface area contributed by atoms with Crippen molar-refractivity contribution in [2.75, 3.05) is 0 Å². The molecule has 5 nitrogen and oxygen atoms in total. The molecule has 162 valence electrons. The summed E-state index contributed by atoms with van der Waals surface area (Å²) in [5.74, 6) is -0.617. The molecule has 2 aromatic carbocycles. The minimum absolute atomic E-state index is 0.177. The lowest BCUT2D eigenvalue weighted by atomic mass is 10.0. The summed E-state index contributed by atoms with van der Waals surface area (Å²) in [7, 11) is 0. The van der Waals surface area contributed by atoms with Crippen molar-refractivity contribution in [3.63, 3.8) is 0 Å². The Morgan fingerprint density at radius 3 is 2.42 bits per heavy atom. The molecule has 0 aliphatic rings. The number of oxime groups is 1. The van der Waals surface area contributed by atoms with E-state index in [4.69, 9.17) is 4.84 Å². The summed E-state index contributed by atoms with van der Waals surface area (Å²) in [6.45, 7) is 4.52. The van der Waals surface area contributed by atoms with E-state index in [2.05, 4.69) is 28.8 Å². The Morgan fingerprint density at radius 2 is 1.68 bits per heavy atom. The molecule has 0 saturated carbocycles. The third kappa shape index (κ3) is 5.91. The first-order chi connectivity index (χ1) is 15.1. The van der Waals surface area contributed by atoms with Crippen LogP contribution < -0.4 is 0 Å². The van der Waals surface area contributed by atoms with Crippen LogP contribution in [0.5, 0.6) is 0 Å². The van der Waals surface area contributed by atoms with Gasteiger partial charge in [-0.3, -0.25) is 4.79 Å². The van der Waals surface area contributed by atoms with Crippen molar-refractivity contribution in [1.29, 1.82) is 0 Å². The Balaban J connectivity index is 1.92. The molecule has 0 aliphatic heterocycles. The number of ketones is 1. The number of fused-ring (bicyclic) bond motifs is 1. The molecule has 0 unspecified atom stereocenters. The molecule has 0 atom stereocenters. The number of carbonyl (C=O) groups excluding carboxylic acids is 2. The lowest BCUT2D eigenvalue weighted by molar-refractivity contribution is -0.143. The Hall–Kier alpha value is -3.21. The molecule has 0 spiro atoms. The quantitative estimate of drug-likeness (QED) is 0.123. The second kappa shape index (κ2) is 11.3. The zero-order valence-corrected chi connectivity index (χ0v) is 18.3. The molecule has 1 aromatic heterocycles. The van der Waals surface area contributed by atoms with Gasteiger partial charge in [-0.05, 0) is 24.5 Å². The van der Waals surface area contributed by atoms with Gasteiger partial charge in [0.2, 0.25) is 5.78 Å². The molecule has 0 bridgehead atoms. The highest BCUT2D eigenvalue weighted by atomic mass is 16.7. The van der Waals surface area contributed by atoms with Crippen molar-refractivity contribution in [1.82, 2.24) is 4.57 Å². The van der Waals surface area contributed by atoms with E-state index < -0.39 is 5.97 Å². The fourth-order valence-corrected chi connectivity index (χ4v) is 3.58. The van der Waals surface area contributed by atoms with Crippen LogP contribution in [-0.2, 0) is 16.2 Å². The molecular weight excluding hydrogens is 388 g/mol. The second-order valence-corrected chi connectivity index (χ2v) is 7.67. The van der Waals surface area contributed by atoms with Crippen molar-refractivity contribution >= 4 is 28.4 Å². The largest absolute Gasteiger partial charge is 0.342 e. The van der Waals surface area contributed by atoms with E-state index in [1.54, 1.807) is 6.92 Å². The van der Waals surface area contributed by atoms with Gasteiger partial charge in [-0.2, -0.15) is 0 Å². The molecule has 0 amide bonds. The van der Waals surface area contributed by atoms with Gasteiger partial charge in [0.15, 0.2) is 0 Å². The normalized spacial score (nSPS) is 11.6. The van der Waals surface area contributed by atoms with Crippen molar-refractivity contribution in [3.05, 3.63) is 71.9 Å². The third-order valence-electron chi connectivity index (χ3n) is 5.30. The van der Waals surface area contributed by atoms with E-state index in [0.717, 1.165) is 42.1 Å². The summed E-state index contributed by atoms with van der Waals surface area (Å²) < 4.78 is 2.09. The number of hydrogen-bond donors (Lipinski definition) is 0. The summed E-state index contributed by atoms with van der Waals surface area (Å²) in [5.41, 5.74) is 3.05. The summed E-state index contributed by atoms with van der Waals surface area (Å²) >= 11 is 0. The minimum Gasteiger partial charge on any atom is -0.342 e. The SMILES string of the molecule is CCCCCC/C(=N\OC(=O)CC)C(=O)c1cn(Cc2ccccc2)c2ccccc12. The van der Waals surface area contributed by atoms with Crippen molar-refractivity contribution in [2.24, 2.45) is 5.16 Å². The first-order valence-electron chi connectivity index (χ1n) is 11.1. The van der Waals surface area contributed by atoms with Gasteiger partial charge in [-0.15, -0.1) is 0 Å². The first-order valence-corrected chi connectivity index (χ1v) is 11.1. The average Bonchev–Trinajstić information content (AvgIpc) is 3.17. The first kappa shape index (κ1) is 22.5. The van der Waals surface area contributed by atoms with Crippen LogP contribution in [0.2, 0.25) is 0 Å². The summed E-state index contributed by atoms with van der Waals surface area (Å²) in [5, 5.41) is 4.86. The van der Waals surface area contributed by atoms with Gasteiger partial charge in [-0.1, -0.05) is 86.8 Å². The second-order valence-electron chi connectivity index (χ2n) is 7.67. The van der Waals surface area contributed by atoms with Gasteiger partial charge >= 0.3 is 5.97 Å². The molecule has 0 N–H and O–H groups in total. The van der Waals surface area contributed by atoms with Crippen molar-refractivity contribution in [2.45, 2.75) is 58.9 Å². The van der Waals surface area contributed by atoms with Gasteiger partial charge in [-0.25, -0.2) is 4.79 Å². The number of unbranched alkanes of at least 4 members (excludes halogenated alkanes) is 3. The van der Waals surface area contributed by atoms with Crippen molar-refractivity contribution in [3.8, 4) is 0 Å². The van der Waals surface area contributed by atoms with Gasteiger partial charge in [0, 0.05) is 35.6 Å². The minimum atomic E-state index is -0.439. The molecule has 3 rings (SSSR count). The Labute approximate surface area is 183 Å². The third-order valence-corrected chi connectivity index (χ3v) is 5.30. The number of Topliss-reactive ketones (excluding diaryl/α,β-unsaturated/α-hetero) is 1. The molecule has 5 heteroatoms. The van der Waals surface area contributed by atoms with Crippen LogP contribution in [0.1, 0.15) is 68.3 Å². The van der Waals surface area contributed by atoms with E-state index in [0.29, 0.717) is 24.2 Å². The van der Waals surface area contributed by atoms with Crippen LogP contribution in [0.25, 0.3) is 10.9 Å². The van der Waals surface area contributed by atoms with Gasteiger partial charge in [0.1, 0.15) is 5.71 Å². The predicted molar refractivity (Wildman–Crippen MR) is 124 cm³/mol. The monoisotopic (exact) mass is 418 g/mol. The van der Waals surface area contributed by atoms with Gasteiger partial charge in [0.25, 0.3) is 0 Å². The van der Waals surface area contributed by atoms with Crippen LogP contribution in [0.15, 0.2) is 65.9 Å². The van der Waals surface area contributed by atoms with E-state index in [1.165, 1.54) is 0 Å². The Kier molecular flexibility index (Phi) is 8.16. The molecular formula is C26H30N2O3. The van der Waals surface area contributed by atoms with E-state index >= 15 is 0 Å². The maximum absolute atomic E-state index is 13.5. The highest BCUT2D eigenvalue weighted by Gasteiger charge is 2.21. The van der Waals surface area contributed by atoms with Crippen LogP contribution in [-0.4, -0.2) is 22.0 Å². The number of aromatic nitrogens is 1. The highest BCUT2D eigenvalue weighted by molar-refractivity contribution is 6.47. The zero-order chi connectivity index (χ0) is 22.1. The molecule has 31 heavy (non-hydrogen) atoms. The van der Waals surface area contributed by atoms with Gasteiger partial charge < -0.3 is 9.40 Å². The fraction of sp³-hybridized carbons (Fsp3) is 0.346. The van der Waals surface area contributed by atoms with Gasteiger partial charge in [0.05, 0.1) is 0 Å². The van der Waals surface area contributed by atoms with Crippen LogP contribution in [0.3, 0.4) is 0 Å². The average molecular weight is 419 g/mol. The lowest BCUT2D eigenvalue weighted by Crippen LogP contribution is -2.16. The topological polar surface area (TPSA) is 60.7 Å². The van der Waals surface area contributed by atoms with E-state index in [-0.39, 0.29) is 12.2 Å². The number of carbonyl (C=O) groups is 2. The summed E-state index contributed by atoms with van der Waals surface area (Å²) in [6, 6.07) is 18.0. The lowest BCUT2D eigenvalue weighted by Gasteiger charge is -2.05. The maximum atomic E-state index is 13.5. The molecule has 0 saturated heterocycles. The smallest absolute Gasteiger partial charge is 0.334 e. The highest BCUT2D eigenvalue weighted by Crippen LogP contribution is 2.24. The zero-order valence-electron chi connectivity index (χ0n) is 18.3. The van der Waals surface area contributed by atoms with Crippen LogP contribution >= 0.6 is 0 Å². The fourth-order valence-electron chi connectivity index (χ4n) is 3.58. The summed E-state index contributed by atoms with van der Waals surface area (Å²) in [4.78, 5) is 30.1.